The van der Waals surface area contributed by atoms with Crippen LogP contribution in [0.25, 0.3) is 0 Å². The number of aryl methyl sites for hydroxylation is 2. The number of hydrogen-bond acceptors (Lipinski definition) is 8. The SMILES string of the molecule is CCc1nn(C(=O)NS(=O)(=O)c2c(C(=O)OC)csc2C)c(=O)n1C. The Kier molecular flexibility index (Phi) is 5.13. The summed E-state index contributed by atoms with van der Waals surface area (Å²) < 4.78 is 32.9. The molecule has 0 unspecified atom stereocenters. The van der Waals surface area contributed by atoms with E-state index in [-0.39, 0.29) is 10.5 Å². The van der Waals surface area contributed by atoms with Crippen LogP contribution in [0, 0.1) is 6.92 Å². The van der Waals surface area contributed by atoms with Crippen LogP contribution in [0.3, 0.4) is 0 Å². The average molecular weight is 388 g/mol. The number of nitrogens with one attached hydrogen (secondary N) is 1. The van der Waals surface area contributed by atoms with Crippen molar-refractivity contribution >= 4 is 33.4 Å². The molecule has 0 aliphatic carbocycles. The maximum atomic E-state index is 12.5. The molecule has 0 bridgehead atoms. The fourth-order valence-corrected chi connectivity index (χ4v) is 4.66. The standard InChI is InChI=1S/C13H16N4O6S2/c1-5-9-14-17(13(20)16(9)3)12(19)15-25(21,22)10-7(2)24-6-8(10)11(18)23-4/h6H,5H2,1-4H3,(H,15,19). The molecule has 0 fully saturated rings. The van der Waals surface area contributed by atoms with Crippen LogP contribution in [-0.2, 0) is 28.2 Å². The summed E-state index contributed by atoms with van der Waals surface area (Å²) in [5, 5.41) is 5.11. The lowest BCUT2D eigenvalue weighted by molar-refractivity contribution is 0.0597. The Morgan fingerprint density at radius 2 is 2.04 bits per heavy atom. The van der Waals surface area contributed by atoms with Crippen molar-refractivity contribution in [2.45, 2.75) is 25.2 Å². The first-order valence-corrected chi connectivity index (χ1v) is 9.38. The predicted octanol–water partition coefficient (Wildman–Crippen LogP) is 0.247. The molecule has 0 saturated heterocycles. The molecule has 1 N–H and O–H groups in total. The van der Waals surface area contributed by atoms with Gasteiger partial charge in [0.2, 0.25) is 0 Å². The van der Waals surface area contributed by atoms with E-state index in [1.54, 1.807) is 11.6 Å². The van der Waals surface area contributed by atoms with Gasteiger partial charge in [0.1, 0.15) is 10.7 Å². The summed E-state index contributed by atoms with van der Waals surface area (Å²) in [6.07, 6.45) is 0.384. The number of carbonyl (C=O) groups excluding carboxylic acids is 2. The Balaban J connectivity index is 2.44. The topological polar surface area (TPSA) is 129 Å². The van der Waals surface area contributed by atoms with Gasteiger partial charge < -0.3 is 4.74 Å². The first-order valence-electron chi connectivity index (χ1n) is 7.02. The van der Waals surface area contributed by atoms with Crippen molar-refractivity contribution < 1.29 is 22.7 Å². The largest absolute Gasteiger partial charge is 0.465 e. The first-order chi connectivity index (χ1) is 11.6. The van der Waals surface area contributed by atoms with Gasteiger partial charge >= 0.3 is 17.7 Å². The third kappa shape index (κ3) is 3.35. The number of thiophene rings is 1. The lowest BCUT2D eigenvalue weighted by Gasteiger charge is -2.07. The molecular formula is C13H16N4O6S2. The zero-order chi connectivity index (χ0) is 18.9. The molecule has 2 rings (SSSR count). The molecule has 12 heteroatoms. The molecule has 10 nitrogen and oxygen atoms in total. The number of methoxy groups -OCH3 is 1. The Hall–Kier alpha value is -2.47. The average Bonchev–Trinajstić information content (AvgIpc) is 3.08. The van der Waals surface area contributed by atoms with Crippen molar-refractivity contribution in [1.82, 2.24) is 19.1 Å². The summed E-state index contributed by atoms with van der Waals surface area (Å²) in [5.41, 5.74) is -0.965. The van der Waals surface area contributed by atoms with Gasteiger partial charge in [0, 0.05) is 23.7 Å². The normalized spacial score (nSPS) is 11.4. The molecule has 2 heterocycles. The van der Waals surface area contributed by atoms with E-state index in [9.17, 15) is 22.8 Å². The number of sulfonamides is 1. The summed E-state index contributed by atoms with van der Waals surface area (Å²) in [5.74, 6) is -0.528. The smallest absolute Gasteiger partial charge is 0.360 e. The summed E-state index contributed by atoms with van der Waals surface area (Å²) in [4.78, 5) is 35.8. The number of rotatable bonds is 4. The number of ether oxygens (including phenoxy) is 1. The highest BCUT2D eigenvalue weighted by molar-refractivity contribution is 7.90. The maximum absolute atomic E-state index is 12.5. The zero-order valence-electron chi connectivity index (χ0n) is 13.9. The number of aromatic nitrogens is 3. The monoisotopic (exact) mass is 388 g/mol. The van der Waals surface area contributed by atoms with Crippen LogP contribution >= 0.6 is 11.3 Å². The molecule has 0 aliphatic rings. The number of esters is 1. The fraction of sp³-hybridized carbons (Fsp3) is 0.385. The molecule has 0 spiro atoms. The number of nitrogens with zero attached hydrogens (tertiary/aromatic N) is 3. The van der Waals surface area contributed by atoms with Gasteiger partial charge in [-0.25, -0.2) is 27.5 Å². The third-order valence-electron chi connectivity index (χ3n) is 3.39. The van der Waals surface area contributed by atoms with Gasteiger partial charge in [-0.15, -0.1) is 21.1 Å². The molecule has 0 atom stereocenters. The second-order valence-electron chi connectivity index (χ2n) is 4.96. The molecule has 0 radical (unpaired) electrons. The van der Waals surface area contributed by atoms with Crippen LogP contribution in [0.15, 0.2) is 15.1 Å². The predicted molar refractivity (Wildman–Crippen MR) is 88.4 cm³/mol. The minimum Gasteiger partial charge on any atom is -0.465 e. The van der Waals surface area contributed by atoms with Crippen molar-refractivity contribution in [3.05, 3.63) is 32.1 Å². The molecule has 0 saturated carbocycles. The van der Waals surface area contributed by atoms with Crippen molar-refractivity contribution in [3.63, 3.8) is 0 Å². The van der Waals surface area contributed by atoms with Crippen molar-refractivity contribution in [3.8, 4) is 0 Å². The van der Waals surface area contributed by atoms with Crippen LogP contribution in [0.2, 0.25) is 0 Å². The Bertz CT molecular complexity index is 998. The summed E-state index contributed by atoms with van der Waals surface area (Å²) in [7, 11) is -1.87. The van der Waals surface area contributed by atoms with E-state index in [0.717, 1.165) is 23.0 Å². The van der Waals surface area contributed by atoms with Crippen LogP contribution < -0.4 is 10.4 Å². The Labute approximate surface area is 147 Å². The Morgan fingerprint density at radius 3 is 2.56 bits per heavy atom. The van der Waals surface area contributed by atoms with Gasteiger partial charge in [-0.05, 0) is 6.92 Å². The highest BCUT2D eigenvalue weighted by atomic mass is 32.2. The van der Waals surface area contributed by atoms with E-state index in [0.29, 0.717) is 21.8 Å². The molecule has 2 aromatic rings. The quantitative estimate of drug-likeness (QED) is 0.743. The Morgan fingerprint density at radius 1 is 1.40 bits per heavy atom. The molecule has 0 aliphatic heterocycles. The van der Waals surface area contributed by atoms with Crippen LogP contribution in [0.1, 0.15) is 28.0 Å². The molecule has 136 valence electrons. The van der Waals surface area contributed by atoms with Crippen molar-refractivity contribution in [1.29, 1.82) is 0 Å². The summed E-state index contributed by atoms with van der Waals surface area (Å²) >= 11 is 1.02. The maximum Gasteiger partial charge on any atom is 0.360 e. The molecular weight excluding hydrogens is 372 g/mol. The second kappa shape index (κ2) is 6.80. The number of amides is 1. The molecule has 25 heavy (non-hydrogen) atoms. The fourth-order valence-electron chi connectivity index (χ4n) is 2.16. The van der Waals surface area contributed by atoms with E-state index < -0.39 is 27.7 Å². The molecule has 1 amide bonds. The van der Waals surface area contributed by atoms with Gasteiger partial charge in [0.05, 0.1) is 12.7 Å². The van der Waals surface area contributed by atoms with E-state index in [2.05, 4.69) is 9.84 Å². The van der Waals surface area contributed by atoms with Gasteiger partial charge in [0.15, 0.2) is 0 Å². The van der Waals surface area contributed by atoms with E-state index in [4.69, 9.17) is 0 Å². The van der Waals surface area contributed by atoms with E-state index in [1.165, 1.54) is 19.4 Å². The van der Waals surface area contributed by atoms with E-state index in [1.807, 2.05) is 0 Å². The van der Waals surface area contributed by atoms with Gasteiger partial charge in [-0.2, -0.15) is 0 Å². The van der Waals surface area contributed by atoms with Gasteiger partial charge in [-0.1, -0.05) is 6.92 Å². The number of carbonyl (C=O) groups is 2. The summed E-state index contributed by atoms with van der Waals surface area (Å²) in [6.45, 7) is 3.22. The molecule has 2 aromatic heterocycles. The lowest BCUT2D eigenvalue weighted by Crippen LogP contribution is -2.40. The van der Waals surface area contributed by atoms with Crippen molar-refractivity contribution in [2.75, 3.05) is 7.11 Å². The van der Waals surface area contributed by atoms with Crippen LogP contribution in [-0.4, -0.2) is 41.9 Å². The lowest BCUT2D eigenvalue weighted by atomic mass is 10.3. The van der Waals surface area contributed by atoms with Gasteiger partial charge in [-0.3, -0.25) is 4.57 Å². The van der Waals surface area contributed by atoms with Crippen molar-refractivity contribution in [2.24, 2.45) is 7.05 Å². The third-order valence-corrected chi connectivity index (χ3v) is 5.94. The zero-order valence-corrected chi connectivity index (χ0v) is 15.5. The minimum absolute atomic E-state index is 0.187. The van der Waals surface area contributed by atoms with Gasteiger partial charge in [0.25, 0.3) is 10.0 Å². The highest BCUT2D eigenvalue weighted by Crippen LogP contribution is 2.27. The molecule has 0 aromatic carbocycles. The van der Waals surface area contributed by atoms with Crippen LogP contribution in [0.5, 0.6) is 0 Å². The summed E-state index contributed by atoms with van der Waals surface area (Å²) in [6, 6.07) is -1.23. The van der Waals surface area contributed by atoms with Crippen LogP contribution in [0.4, 0.5) is 4.79 Å². The second-order valence-corrected chi connectivity index (χ2v) is 7.66. The first kappa shape index (κ1) is 18.9. The van der Waals surface area contributed by atoms with E-state index >= 15 is 0 Å². The minimum atomic E-state index is -4.41. The number of hydrogen-bond donors (Lipinski definition) is 1. The highest BCUT2D eigenvalue weighted by Gasteiger charge is 2.30.